The summed E-state index contributed by atoms with van der Waals surface area (Å²) in [7, 11) is 0. The van der Waals surface area contributed by atoms with Crippen molar-refractivity contribution in [2.45, 2.75) is 38.6 Å². The van der Waals surface area contributed by atoms with Crippen LogP contribution >= 0.6 is 0 Å². The number of fused-ring (bicyclic) bond motifs is 1. The van der Waals surface area contributed by atoms with Crippen LogP contribution in [0.4, 0.5) is 11.4 Å². The Morgan fingerprint density at radius 2 is 2.00 bits per heavy atom. The third-order valence-corrected chi connectivity index (χ3v) is 4.41. The first kappa shape index (κ1) is 14.6. The van der Waals surface area contributed by atoms with Crippen molar-refractivity contribution in [2.75, 3.05) is 5.32 Å². The molecule has 2 aromatic rings. The molecule has 0 radical (unpaired) electrons. The zero-order valence-electron chi connectivity index (χ0n) is 12.4. The molecule has 1 aliphatic carbocycles. The van der Waals surface area contributed by atoms with Crippen molar-refractivity contribution >= 4 is 22.3 Å². The summed E-state index contributed by atoms with van der Waals surface area (Å²) in [5, 5.41) is 15.2. The summed E-state index contributed by atoms with van der Waals surface area (Å²) in [4.78, 5) is 22.6. The van der Waals surface area contributed by atoms with E-state index in [1.807, 2.05) is 0 Å². The maximum absolute atomic E-state index is 12.0. The van der Waals surface area contributed by atoms with Gasteiger partial charge in [-0.25, -0.2) is 4.79 Å². The number of nitrogens with one attached hydrogen (secondary N) is 1. The predicted octanol–water partition coefficient (Wildman–Crippen LogP) is 3.69. The number of rotatable bonds is 3. The Balaban J connectivity index is 2.14. The summed E-state index contributed by atoms with van der Waals surface area (Å²) >= 11 is 0. The van der Waals surface area contributed by atoms with Crippen LogP contribution in [0.1, 0.15) is 32.6 Å². The Morgan fingerprint density at radius 3 is 2.73 bits per heavy atom. The van der Waals surface area contributed by atoms with Crippen LogP contribution in [-0.4, -0.2) is 11.0 Å². The van der Waals surface area contributed by atoms with Crippen LogP contribution in [0.2, 0.25) is 0 Å². The maximum Gasteiger partial charge on any atom is 0.417 e. The molecule has 1 heterocycles. The Labute approximate surface area is 127 Å². The molecule has 0 bridgehead atoms. The van der Waals surface area contributed by atoms with E-state index in [4.69, 9.17) is 4.42 Å². The fraction of sp³-hybridized carbons (Fsp3) is 0.438. The van der Waals surface area contributed by atoms with Gasteiger partial charge in [-0.3, -0.25) is 10.1 Å². The second-order valence-corrected chi connectivity index (χ2v) is 5.88. The largest absolute Gasteiger partial charge is 0.418 e. The molecule has 0 saturated heterocycles. The zero-order chi connectivity index (χ0) is 15.7. The first-order valence-electron chi connectivity index (χ1n) is 7.54. The molecule has 3 rings (SSSR count). The monoisotopic (exact) mass is 302 g/mol. The normalized spacial score (nSPS) is 21.7. The van der Waals surface area contributed by atoms with Gasteiger partial charge in [-0.1, -0.05) is 31.9 Å². The van der Waals surface area contributed by atoms with Gasteiger partial charge in [0.25, 0.3) is 0 Å². The van der Waals surface area contributed by atoms with Gasteiger partial charge in [0.2, 0.25) is 0 Å². The third-order valence-electron chi connectivity index (χ3n) is 4.41. The minimum absolute atomic E-state index is 0.137. The van der Waals surface area contributed by atoms with Crippen molar-refractivity contribution in [2.24, 2.45) is 5.92 Å². The Morgan fingerprint density at radius 1 is 1.27 bits per heavy atom. The minimum atomic E-state index is -0.908. The Hall–Kier alpha value is -2.37. The van der Waals surface area contributed by atoms with Gasteiger partial charge in [-0.05, 0) is 30.9 Å². The highest BCUT2D eigenvalue weighted by atomic mass is 16.6. The van der Waals surface area contributed by atoms with Crippen molar-refractivity contribution in [3.05, 3.63) is 44.8 Å². The second kappa shape index (κ2) is 5.79. The lowest BCUT2D eigenvalue weighted by Gasteiger charge is -2.30. The van der Waals surface area contributed by atoms with E-state index in [1.165, 1.54) is 6.42 Å². The van der Waals surface area contributed by atoms with Crippen molar-refractivity contribution < 1.29 is 9.34 Å². The highest BCUT2D eigenvalue weighted by Crippen LogP contribution is 2.34. The molecule has 0 unspecified atom stereocenters. The summed E-state index contributed by atoms with van der Waals surface area (Å²) in [5.41, 5.74) is -0.759. The molecular weight excluding hydrogens is 284 g/mol. The number of hydrogen-bond donors (Lipinski definition) is 1. The third kappa shape index (κ3) is 2.56. The first-order chi connectivity index (χ1) is 10.6. The Kier molecular flexibility index (Phi) is 3.83. The first-order valence-corrected chi connectivity index (χ1v) is 7.54. The molecule has 1 N–H and O–H groups in total. The summed E-state index contributed by atoms with van der Waals surface area (Å²) in [5.74, 6) is 0.416. The summed E-state index contributed by atoms with van der Waals surface area (Å²) in [6, 6.07) is 7.04. The zero-order valence-corrected chi connectivity index (χ0v) is 12.4. The average Bonchev–Trinajstić information content (AvgIpc) is 2.49. The summed E-state index contributed by atoms with van der Waals surface area (Å²) < 4.78 is 5.07. The lowest BCUT2D eigenvalue weighted by Crippen LogP contribution is -2.31. The molecule has 0 aliphatic heterocycles. The van der Waals surface area contributed by atoms with Crippen molar-refractivity contribution in [3.63, 3.8) is 0 Å². The van der Waals surface area contributed by atoms with Crippen LogP contribution in [0.5, 0.6) is 0 Å². The molecule has 2 atom stereocenters. The van der Waals surface area contributed by atoms with Gasteiger partial charge in [0, 0.05) is 11.4 Å². The Bertz CT molecular complexity index is 768. The number of benzene rings is 1. The molecule has 6 heteroatoms. The highest BCUT2D eigenvalue weighted by molar-refractivity contribution is 5.94. The molecule has 1 aromatic carbocycles. The molecule has 0 spiro atoms. The molecule has 116 valence electrons. The predicted molar refractivity (Wildman–Crippen MR) is 84.2 cm³/mol. The molecule has 1 fully saturated rings. The number of nitrogens with zero attached hydrogens (tertiary/aromatic N) is 1. The molecule has 1 aliphatic rings. The number of hydrogen-bond acceptors (Lipinski definition) is 5. The fourth-order valence-corrected chi connectivity index (χ4v) is 3.17. The summed E-state index contributed by atoms with van der Waals surface area (Å²) in [6.07, 6.45) is 4.31. The van der Waals surface area contributed by atoms with Gasteiger partial charge in [0.1, 0.15) is 11.3 Å². The van der Waals surface area contributed by atoms with Gasteiger partial charge in [0.05, 0.1) is 4.92 Å². The molecule has 6 nitrogen and oxygen atoms in total. The fourth-order valence-electron chi connectivity index (χ4n) is 3.17. The highest BCUT2D eigenvalue weighted by Gasteiger charge is 2.29. The summed E-state index contributed by atoms with van der Waals surface area (Å²) in [6.45, 7) is 2.14. The quantitative estimate of drug-likeness (QED) is 0.531. The molecule has 0 amide bonds. The van der Waals surface area contributed by atoms with E-state index in [-0.39, 0.29) is 11.7 Å². The second-order valence-electron chi connectivity index (χ2n) is 5.88. The van der Waals surface area contributed by atoms with Crippen LogP contribution < -0.4 is 10.9 Å². The van der Waals surface area contributed by atoms with Crippen molar-refractivity contribution in [1.29, 1.82) is 0 Å². The number of nitro groups is 1. The molecule has 1 saturated carbocycles. The van der Waals surface area contributed by atoms with E-state index >= 15 is 0 Å². The van der Waals surface area contributed by atoms with E-state index in [0.29, 0.717) is 16.9 Å². The smallest absolute Gasteiger partial charge is 0.417 e. The van der Waals surface area contributed by atoms with E-state index in [0.717, 1.165) is 19.3 Å². The van der Waals surface area contributed by atoms with Crippen LogP contribution in [0.3, 0.4) is 0 Å². The topological polar surface area (TPSA) is 85.4 Å². The van der Waals surface area contributed by atoms with E-state index in [9.17, 15) is 14.9 Å². The minimum Gasteiger partial charge on any atom is -0.418 e. The van der Waals surface area contributed by atoms with Crippen molar-refractivity contribution in [3.8, 4) is 0 Å². The van der Waals surface area contributed by atoms with Gasteiger partial charge in [-0.2, -0.15) is 0 Å². The van der Waals surface area contributed by atoms with Crippen LogP contribution in [0.25, 0.3) is 11.0 Å². The average molecular weight is 302 g/mol. The number of para-hydroxylation sites is 1. The van der Waals surface area contributed by atoms with Gasteiger partial charge >= 0.3 is 11.3 Å². The van der Waals surface area contributed by atoms with Gasteiger partial charge in [0.15, 0.2) is 0 Å². The standard InChI is InChI=1S/C16H18N2O4/c1-10-6-2-4-8-12(10)17-14-11-7-3-5-9-13(11)22-16(19)15(14)18(20)21/h3,5,7,9-10,12,17H,2,4,6,8H2,1H3/t10-,12-/m0/s1. The number of anilines is 1. The lowest BCUT2D eigenvalue weighted by molar-refractivity contribution is -0.386. The molecular formula is C16H18N2O4. The van der Waals surface area contributed by atoms with Gasteiger partial charge in [-0.15, -0.1) is 0 Å². The lowest BCUT2D eigenvalue weighted by atomic mass is 9.85. The van der Waals surface area contributed by atoms with E-state index in [2.05, 4.69) is 12.2 Å². The van der Waals surface area contributed by atoms with Gasteiger partial charge < -0.3 is 9.73 Å². The molecule has 22 heavy (non-hydrogen) atoms. The van der Waals surface area contributed by atoms with E-state index < -0.39 is 16.2 Å². The van der Waals surface area contributed by atoms with E-state index in [1.54, 1.807) is 24.3 Å². The van der Waals surface area contributed by atoms with Crippen LogP contribution in [-0.2, 0) is 0 Å². The maximum atomic E-state index is 12.0. The molecule has 1 aromatic heterocycles. The van der Waals surface area contributed by atoms with Crippen LogP contribution in [0, 0.1) is 16.0 Å². The van der Waals surface area contributed by atoms with Crippen LogP contribution in [0.15, 0.2) is 33.5 Å². The van der Waals surface area contributed by atoms with Crippen molar-refractivity contribution in [1.82, 2.24) is 0 Å². The SMILES string of the molecule is C[C@H]1CCCC[C@@H]1Nc1c([N+](=O)[O-])c(=O)oc2ccccc12.